The molecule has 0 radical (unpaired) electrons. The van der Waals surface area contributed by atoms with Crippen LogP contribution in [0.3, 0.4) is 0 Å². The molecule has 0 saturated heterocycles. The summed E-state index contributed by atoms with van der Waals surface area (Å²) in [6.45, 7) is -0.519. The largest absolute Gasteiger partial charge is 0.417 e. The van der Waals surface area contributed by atoms with Crippen LogP contribution in [0.1, 0.15) is 11.1 Å². The lowest BCUT2D eigenvalue weighted by atomic mass is 10.1. The number of benzene rings is 1. The summed E-state index contributed by atoms with van der Waals surface area (Å²) in [5.41, 5.74) is -0.784. The molecular formula is C8H5BrClF3O. The van der Waals surface area contributed by atoms with E-state index in [0.717, 1.165) is 12.1 Å². The summed E-state index contributed by atoms with van der Waals surface area (Å²) in [6, 6.07) is 1.95. The van der Waals surface area contributed by atoms with Gasteiger partial charge in [0.2, 0.25) is 0 Å². The standard InChI is InChI=1S/C8H5BrClF3O/c9-6-2-7(10)4(3-14)1-5(6)8(11,12)13/h1-2,14H,3H2. The van der Waals surface area contributed by atoms with E-state index in [9.17, 15) is 13.2 Å². The van der Waals surface area contributed by atoms with Crippen LogP contribution in [0, 0.1) is 0 Å². The smallest absolute Gasteiger partial charge is 0.392 e. The van der Waals surface area contributed by atoms with Gasteiger partial charge in [0.15, 0.2) is 0 Å². The zero-order chi connectivity index (χ0) is 10.9. The molecule has 0 atom stereocenters. The number of aliphatic hydroxyl groups is 1. The molecule has 0 aliphatic carbocycles. The van der Waals surface area contributed by atoms with Crippen molar-refractivity contribution in [3.63, 3.8) is 0 Å². The van der Waals surface area contributed by atoms with Crippen LogP contribution in [-0.2, 0) is 12.8 Å². The Kier molecular flexibility index (Phi) is 3.44. The molecule has 0 heterocycles. The topological polar surface area (TPSA) is 20.2 Å². The van der Waals surface area contributed by atoms with Crippen LogP contribution in [-0.4, -0.2) is 5.11 Å². The Balaban J connectivity index is 3.32. The normalized spacial score (nSPS) is 11.9. The molecule has 1 nitrogen and oxygen atoms in total. The van der Waals surface area contributed by atoms with Crippen LogP contribution < -0.4 is 0 Å². The molecule has 1 rings (SSSR count). The van der Waals surface area contributed by atoms with E-state index < -0.39 is 18.3 Å². The molecule has 0 saturated carbocycles. The molecule has 0 aliphatic rings. The van der Waals surface area contributed by atoms with Gasteiger partial charge in [-0.2, -0.15) is 13.2 Å². The van der Waals surface area contributed by atoms with Crippen LogP contribution in [0.5, 0.6) is 0 Å². The van der Waals surface area contributed by atoms with Gasteiger partial charge in [-0.05, 0) is 17.7 Å². The summed E-state index contributed by atoms with van der Waals surface area (Å²) in [4.78, 5) is 0. The Bertz CT molecular complexity index is 351. The number of rotatable bonds is 1. The monoisotopic (exact) mass is 288 g/mol. The van der Waals surface area contributed by atoms with E-state index in [1.54, 1.807) is 0 Å². The highest BCUT2D eigenvalue weighted by molar-refractivity contribution is 9.10. The highest BCUT2D eigenvalue weighted by Gasteiger charge is 2.33. The van der Waals surface area contributed by atoms with Gasteiger partial charge in [0.1, 0.15) is 0 Å². The molecule has 0 spiro atoms. The van der Waals surface area contributed by atoms with Crippen LogP contribution in [0.25, 0.3) is 0 Å². The molecule has 1 N–H and O–H groups in total. The molecule has 0 aromatic heterocycles. The quantitative estimate of drug-likeness (QED) is 0.837. The number of alkyl halides is 3. The lowest BCUT2D eigenvalue weighted by Crippen LogP contribution is -2.07. The minimum absolute atomic E-state index is 0.0576. The number of halogens is 5. The van der Waals surface area contributed by atoms with Gasteiger partial charge in [0, 0.05) is 9.50 Å². The molecule has 78 valence electrons. The molecule has 14 heavy (non-hydrogen) atoms. The Morgan fingerprint density at radius 1 is 1.36 bits per heavy atom. The van der Waals surface area contributed by atoms with Gasteiger partial charge >= 0.3 is 6.18 Å². The highest BCUT2D eigenvalue weighted by Crippen LogP contribution is 2.37. The van der Waals surface area contributed by atoms with E-state index in [2.05, 4.69) is 15.9 Å². The minimum Gasteiger partial charge on any atom is -0.392 e. The SMILES string of the molecule is OCc1cc(C(F)(F)F)c(Br)cc1Cl. The van der Waals surface area contributed by atoms with Gasteiger partial charge in [-0.1, -0.05) is 27.5 Å². The van der Waals surface area contributed by atoms with Crippen molar-refractivity contribution < 1.29 is 18.3 Å². The molecule has 0 bridgehead atoms. The summed E-state index contributed by atoms with van der Waals surface area (Å²) < 4.78 is 36.9. The van der Waals surface area contributed by atoms with Crippen molar-refractivity contribution in [2.24, 2.45) is 0 Å². The predicted octanol–water partition coefficient (Wildman–Crippen LogP) is 3.61. The first kappa shape index (κ1) is 11.8. The van der Waals surface area contributed by atoms with Gasteiger partial charge in [0.25, 0.3) is 0 Å². The van der Waals surface area contributed by atoms with Crippen molar-refractivity contribution in [1.29, 1.82) is 0 Å². The Hall–Kier alpha value is -0.260. The summed E-state index contributed by atoms with van der Waals surface area (Å²) in [7, 11) is 0. The van der Waals surface area contributed by atoms with Gasteiger partial charge in [-0.3, -0.25) is 0 Å². The first-order valence-electron chi connectivity index (χ1n) is 3.52. The van der Waals surface area contributed by atoms with Gasteiger partial charge in [0.05, 0.1) is 12.2 Å². The van der Waals surface area contributed by atoms with Crippen molar-refractivity contribution in [2.45, 2.75) is 12.8 Å². The maximum atomic E-state index is 12.3. The molecule has 1 aromatic carbocycles. The van der Waals surface area contributed by atoms with Crippen molar-refractivity contribution in [2.75, 3.05) is 0 Å². The fourth-order valence-corrected chi connectivity index (χ4v) is 1.86. The number of hydrogen-bond acceptors (Lipinski definition) is 1. The Morgan fingerprint density at radius 2 is 1.93 bits per heavy atom. The summed E-state index contributed by atoms with van der Waals surface area (Å²) in [5, 5.41) is 8.84. The summed E-state index contributed by atoms with van der Waals surface area (Å²) >= 11 is 8.35. The number of aliphatic hydroxyl groups excluding tert-OH is 1. The maximum Gasteiger partial charge on any atom is 0.417 e. The third-order valence-corrected chi connectivity index (χ3v) is 2.62. The zero-order valence-corrected chi connectivity index (χ0v) is 9.04. The molecule has 0 unspecified atom stereocenters. The third-order valence-electron chi connectivity index (χ3n) is 1.61. The lowest BCUT2D eigenvalue weighted by Gasteiger charge is -2.11. The molecule has 6 heteroatoms. The van der Waals surface area contributed by atoms with Crippen LogP contribution in [0.15, 0.2) is 16.6 Å². The molecule has 1 aromatic rings. The van der Waals surface area contributed by atoms with E-state index in [-0.39, 0.29) is 15.1 Å². The Labute approximate surface area is 91.6 Å². The molecule has 0 fully saturated rings. The van der Waals surface area contributed by atoms with E-state index in [1.807, 2.05) is 0 Å². The van der Waals surface area contributed by atoms with Crippen molar-refractivity contribution in [1.82, 2.24) is 0 Å². The van der Waals surface area contributed by atoms with Gasteiger partial charge in [-0.25, -0.2) is 0 Å². The van der Waals surface area contributed by atoms with Crippen LogP contribution >= 0.6 is 27.5 Å². The zero-order valence-electron chi connectivity index (χ0n) is 6.70. The van der Waals surface area contributed by atoms with Crippen LogP contribution in [0.2, 0.25) is 5.02 Å². The fourth-order valence-electron chi connectivity index (χ4n) is 0.932. The van der Waals surface area contributed by atoms with Crippen LogP contribution in [0.4, 0.5) is 13.2 Å². The average Bonchev–Trinajstić information content (AvgIpc) is 2.02. The van der Waals surface area contributed by atoms with Gasteiger partial charge in [-0.15, -0.1) is 0 Å². The summed E-state index contributed by atoms with van der Waals surface area (Å²) in [5.74, 6) is 0. The first-order valence-corrected chi connectivity index (χ1v) is 4.69. The lowest BCUT2D eigenvalue weighted by molar-refractivity contribution is -0.138. The molecule has 0 amide bonds. The predicted molar refractivity (Wildman–Crippen MR) is 50.1 cm³/mol. The van der Waals surface area contributed by atoms with E-state index in [0.29, 0.717) is 0 Å². The third kappa shape index (κ3) is 2.40. The maximum absolute atomic E-state index is 12.3. The van der Waals surface area contributed by atoms with Crippen molar-refractivity contribution in [3.8, 4) is 0 Å². The molecular weight excluding hydrogens is 284 g/mol. The van der Waals surface area contributed by atoms with E-state index >= 15 is 0 Å². The minimum atomic E-state index is -4.45. The highest BCUT2D eigenvalue weighted by atomic mass is 79.9. The van der Waals surface area contributed by atoms with Crippen molar-refractivity contribution >= 4 is 27.5 Å². The number of hydrogen-bond donors (Lipinski definition) is 1. The van der Waals surface area contributed by atoms with Crippen molar-refractivity contribution in [3.05, 3.63) is 32.8 Å². The van der Waals surface area contributed by atoms with Gasteiger partial charge < -0.3 is 5.11 Å². The second-order valence-electron chi connectivity index (χ2n) is 2.58. The Morgan fingerprint density at radius 3 is 2.36 bits per heavy atom. The van der Waals surface area contributed by atoms with E-state index in [1.165, 1.54) is 0 Å². The molecule has 0 aliphatic heterocycles. The second-order valence-corrected chi connectivity index (χ2v) is 3.84. The fraction of sp³-hybridized carbons (Fsp3) is 0.250. The first-order chi connectivity index (χ1) is 6.36. The van der Waals surface area contributed by atoms with E-state index in [4.69, 9.17) is 16.7 Å². The second kappa shape index (κ2) is 4.08. The average molecular weight is 289 g/mol. The summed E-state index contributed by atoms with van der Waals surface area (Å²) in [6.07, 6.45) is -4.45.